The Morgan fingerprint density at radius 1 is 1.17 bits per heavy atom. The third-order valence-electron chi connectivity index (χ3n) is 7.02. The fraction of sp³-hybridized carbons (Fsp3) is 0.571. The van der Waals surface area contributed by atoms with Gasteiger partial charge in [-0.15, -0.1) is 11.3 Å². The van der Waals surface area contributed by atoms with Crippen LogP contribution in [0.25, 0.3) is 10.2 Å². The summed E-state index contributed by atoms with van der Waals surface area (Å²) < 4.78 is 0.840. The average molecular weight is 428 g/mol. The van der Waals surface area contributed by atoms with Crippen molar-refractivity contribution in [3.63, 3.8) is 0 Å². The highest BCUT2D eigenvalue weighted by Gasteiger charge is 2.48. The second-order valence-electron chi connectivity index (χ2n) is 8.80. The van der Waals surface area contributed by atoms with Gasteiger partial charge in [0.2, 0.25) is 11.8 Å². The van der Waals surface area contributed by atoms with Gasteiger partial charge >= 0.3 is 0 Å². The van der Waals surface area contributed by atoms with Crippen LogP contribution in [-0.4, -0.2) is 70.2 Å². The molecule has 1 N–H and O–H groups in total. The van der Waals surface area contributed by atoms with E-state index in [1.165, 1.54) is 17.7 Å². The zero-order chi connectivity index (χ0) is 20.9. The number of nitrogens with zero attached hydrogens (tertiary/aromatic N) is 4. The van der Waals surface area contributed by atoms with E-state index >= 15 is 0 Å². The van der Waals surface area contributed by atoms with E-state index in [0.29, 0.717) is 56.7 Å². The molecule has 3 amide bonds. The molecule has 8 nitrogen and oxygen atoms in total. The van der Waals surface area contributed by atoms with Gasteiger partial charge in [-0.2, -0.15) is 0 Å². The standard InChI is InChI=1S/C21H25N5O3S/c1-21(5-6-22-19(21)28)20(29)26-8-3-14(11-26)13-2-7-25(10-13)18(27)16-17-15(4-9-30-17)23-12-24-16/h4,9,12-14H,2-3,5-8,10-11H2,1H3,(H,22,28). The molecular weight excluding hydrogens is 402 g/mol. The summed E-state index contributed by atoms with van der Waals surface area (Å²) in [4.78, 5) is 50.4. The molecule has 30 heavy (non-hydrogen) atoms. The third-order valence-corrected chi connectivity index (χ3v) is 7.93. The highest BCUT2D eigenvalue weighted by atomic mass is 32.1. The lowest BCUT2D eigenvalue weighted by Gasteiger charge is -2.27. The van der Waals surface area contributed by atoms with Crippen molar-refractivity contribution in [1.82, 2.24) is 25.1 Å². The molecule has 0 aliphatic carbocycles. The third kappa shape index (κ3) is 3.07. The van der Waals surface area contributed by atoms with E-state index in [4.69, 9.17) is 0 Å². The summed E-state index contributed by atoms with van der Waals surface area (Å²) in [6.45, 7) is 5.10. The molecule has 5 heterocycles. The Morgan fingerprint density at radius 2 is 1.90 bits per heavy atom. The molecule has 9 heteroatoms. The fourth-order valence-electron chi connectivity index (χ4n) is 5.09. The van der Waals surface area contributed by atoms with E-state index in [1.807, 2.05) is 21.2 Å². The van der Waals surface area contributed by atoms with E-state index in [-0.39, 0.29) is 17.7 Å². The second kappa shape index (κ2) is 7.30. The van der Waals surface area contributed by atoms with Crippen molar-refractivity contribution in [3.8, 4) is 0 Å². The normalized spacial score (nSPS) is 29.0. The van der Waals surface area contributed by atoms with Gasteiger partial charge in [0.05, 0.1) is 10.2 Å². The van der Waals surface area contributed by atoms with E-state index in [1.54, 1.807) is 6.92 Å². The van der Waals surface area contributed by atoms with Crippen molar-refractivity contribution in [3.05, 3.63) is 23.5 Å². The number of thiophene rings is 1. The average Bonchev–Trinajstić information content (AvgIpc) is 3.53. The summed E-state index contributed by atoms with van der Waals surface area (Å²) in [6, 6.07) is 1.90. The molecule has 3 saturated heterocycles. The number of carbonyl (C=O) groups is 3. The van der Waals surface area contributed by atoms with Gasteiger partial charge in [-0.05, 0) is 49.5 Å². The second-order valence-corrected chi connectivity index (χ2v) is 9.71. The first-order chi connectivity index (χ1) is 14.5. The first kappa shape index (κ1) is 19.4. The number of fused-ring (bicyclic) bond motifs is 1. The van der Waals surface area contributed by atoms with Gasteiger partial charge in [0.1, 0.15) is 17.4 Å². The van der Waals surface area contributed by atoms with Gasteiger partial charge in [-0.3, -0.25) is 14.4 Å². The molecule has 3 atom stereocenters. The maximum Gasteiger partial charge on any atom is 0.274 e. The van der Waals surface area contributed by atoms with Crippen molar-refractivity contribution in [2.45, 2.75) is 26.2 Å². The molecule has 158 valence electrons. The van der Waals surface area contributed by atoms with Crippen molar-refractivity contribution >= 4 is 39.3 Å². The van der Waals surface area contributed by atoms with Crippen LogP contribution < -0.4 is 5.32 Å². The van der Waals surface area contributed by atoms with E-state index in [0.717, 1.165) is 23.1 Å². The maximum atomic E-state index is 13.1. The van der Waals surface area contributed by atoms with Crippen molar-refractivity contribution in [2.24, 2.45) is 17.3 Å². The number of rotatable bonds is 3. The van der Waals surface area contributed by atoms with Gasteiger partial charge in [0.15, 0.2) is 0 Å². The lowest BCUT2D eigenvalue weighted by atomic mass is 9.87. The molecule has 3 aliphatic heterocycles. The molecule has 3 unspecified atom stereocenters. The lowest BCUT2D eigenvalue weighted by Crippen LogP contribution is -2.45. The molecule has 0 spiro atoms. The Balaban J connectivity index is 1.23. The molecule has 3 aliphatic rings. The first-order valence-electron chi connectivity index (χ1n) is 10.5. The quantitative estimate of drug-likeness (QED) is 0.750. The Bertz CT molecular complexity index is 1020. The molecule has 2 aromatic heterocycles. The van der Waals surface area contributed by atoms with Crippen LogP contribution in [0.3, 0.4) is 0 Å². The van der Waals surface area contributed by atoms with E-state index in [2.05, 4.69) is 15.3 Å². The molecular formula is C21H25N5O3S. The largest absolute Gasteiger partial charge is 0.355 e. The topological polar surface area (TPSA) is 95.5 Å². The summed E-state index contributed by atoms with van der Waals surface area (Å²) in [7, 11) is 0. The number of nitrogens with one attached hydrogen (secondary N) is 1. The van der Waals surface area contributed by atoms with Crippen LogP contribution in [0.4, 0.5) is 0 Å². The number of amides is 3. The summed E-state index contributed by atoms with van der Waals surface area (Å²) in [5, 5.41) is 4.71. The highest BCUT2D eigenvalue weighted by Crippen LogP contribution is 2.36. The Kier molecular flexibility index (Phi) is 4.72. The molecule has 0 saturated carbocycles. The monoisotopic (exact) mass is 427 g/mol. The zero-order valence-corrected chi connectivity index (χ0v) is 17.8. The molecule has 0 aromatic carbocycles. The minimum Gasteiger partial charge on any atom is -0.355 e. The predicted octanol–water partition coefficient (Wildman–Crippen LogP) is 1.53. The van der Waals surface area contributed by atoms with Crippen molar-refractivity contribution < 1.29 is 14.4 Å². The van der Waals surface area contributed by atoms with Crippen LogP contribution in [0.2, 0.25) is 0 Å². The van der Waals surface area contributed by atoms with Crippen LogP contribution in [0.5, 0.6) is 0 Å². The van der Waals surface area contributed by atoms with E-state index < -0.39 is 5.41 Å². The smallest absolute Gasteiger partial charge is 0.274 e. The number of likely N-dealkylation sites (tertiary alicyclic amines) is 2. The van der Waals surface area contributed by atoms with Crippen molar-refractivity contribution in [1.29, 1.82) is 0 Å². The number of hydrogen-bond acceptors (Lipinski definition) is 6. The van der Waals surface area contributed by atoms with Crippen LogP contribution in [0.1, 0.15) is 36.7 Å². The van der Waals surface area contributed by atoms with Gasteiger partial charge in [0, 0.05) is 32.7 Å². The molecule has 0 bridgehead atoms. The fourth-order valence-corrected chi connectivity index (χ4v) is 5.92. The molecule has 5 rings (SSSR count). The van der Waals surface area contributed by atoms with Gasteiger partial charge < -0.3 is 15.1 Å². The number of aromatic nitrogens is 2. The predicted molar refractivity (Wildman–Crippen MR) is 112 cm³/mol. The number of carbonyl (C=O) groups excluding carboxylic acids is 3. The molecule has 2 aromatic rings. The van der Waals surface area contributed by atoms with Gasteiger partial charge in [-0.25, -0.2) is 9.97 Å². The first-order valence-corrected chi connectivity index (χ1v) is 11.4. The van der Waals surface area contributed by atoms with Crippen LogP contribution in [0, 0.1) is 17.3 Å². The van der Waals surface area contributed by atoms with Crippen LogP contribution in [-0.2, 0) is 9.59 Å². The zero-order valence-electron chi connectivity index (χ0n) is 17.0. The summed E-state index contributed by atoms with van der Waals surface area (Å²) in [6.07, 6.45) is 3.89. The lowest BCUT2D eigenvalue weighted by molar-refractivity contribution is -0.146. The summed E-state index contributed by atoms with van der Waals surface area (Å²) in [5.41, 5.74) is 0.369. The van der Waals surface area contributed by atoms with Gasteiger partial charge in [-0.1, -0.05) is 0 Å². The Morgan fingerprint density at radius 3 is 2.63 bits per heavy atom. The summed E-state index contributed by atoms with van der Waals surface area (Å²) >= 11 is 1.49. The van der Waals surface area contributed by atoms with E-state index in [9.17, 15) is 14.4 Å². The number of hydrogen-bond donors (Lipinski definition) is 1. The SMILES string of the molecule is CC1(C(=O)N2CCC(C3CCN(C(=O)c4ncnc5ccsc45)C3)C2)CCNC1=O. The van der Waals surface area contributed by atoms with Crippen LogP contribution >= 0.6 is 11.3 Å². The Labute approximate surface area is 178 Å². The Hall–Kier alpha value is -2.55. The molecule has 3 fully saturated rings. The van der Waals surface area contributed by atoms with Crippen molar-refractivity contribution in [2.75, 3.05) is 32.7 Å². The minimum atomic E-state index is -0.925. The van der Waals surface area contributed by atoms with Gasteiger partial charge in [0.25, 0.3) is 5.91 Å². The van der Waals surface area contributed by atoms with Crippen LogP contribution in [0.15, 0.2) is 17.8 Å². The molecule has 0 radical (unpaired) electrons. The highest BCUT2D eigenvalue weighted by molar-refractivity contribution is 7.17. The summed E-state index contributed by atoms with van der Waals surface area (Å²) in [5.74, 6) is 0.503. The minimum absolute atomic E-state index is 0.0339. The maximum absolute atomic E-state index is 13.1.